The van der Waals surface area contributed by atoms with E-state index in [1.165, 1.54) is 18.4 Å². The Morgan fingerprint density at radius 2 is 2.36 bits per heavy atom. The van der Waals surface area contributed by atoms with Gasteiger partial charge in [-0.1, -0.05) is 17.9 Å². The zero-order valence-electron chi connectivity index (χ0n) is 12.3. The van der Waals surface area contributed by atoms with Crippen molar-refractivity contribution in [1.29, 1.82) is 0 Å². The molecule has 0 bridgehead atoms. The highest BCUT2D eigenvalue weighted by molar-refractivity contribution is 7.17. The second-order valence-electron chi connectivity index (χ2n) is 5.08. The van der Waals surface area contributed by atoms with Crippen LogP contribution in [-0.2, 0) is 0 Å². The highest BCUT2D eigenvalue weighted by atomic mass is 32.1. The minimum atomic E-state index is -0.179. The van der Waals surface area contributed by atoms with Gasteiger partial charge in [0.1, 0.15) is 5.76 Å². The third-order valence-electron chi connectivity index (χ3n) is 3.68. The second-order valence-corrected chi connectivity index (χ2v) is 6.02. The molecule has 1 aliphatic heterocycles. The van der Waals surface area contributed by atoms with Crippen molar-refractivity contribution in [2.24, 2.45) is 0 Å². The van der Waals surface area contributed by atoms with Gasteiger partial charge in [0.05, 0.1) is 19.4 Å². The fourth-order valence-corrected chi connectivity index (χ4v) is 3.18. The van der Waals surface area contributed by atoms with Crippen LogP contribution in [0.1, 0.15) is 37.5 Å². The first kappa shape index (κ1) is 14.8. The smallest absolute Gasteiger partial charge is 0.324 e. The van der Waals surface area contributed by atoms with E-state index in [1.807, 2.05) is 17.0 Å². The lowest BCUT2D eigenvalue weighted by Gasteiger charge is -2.28. The van der Waals surface area contributed by atoms with Gasteiger partial charge in [-0.3, -0.25) is 5.32 Å². The van der Waals surface area contributed by atoms with Crippen molar-refractivity contribution in [3.63, 3.8) is 0 Å². The summed E-state index contributed by atoms with van der Waals surface area (Å²) in [5, 5.41) is 11.4. The number of ether oxygens (including phenoxy) is 1. The summed E-state index contributed by atoms with van der Waals surface area (Å²) in [7, 11) is 1.52. The summed E-state index contributed by atoms with van der Waals surface area (Å²) in [6, 6.07) is 3.56. The van der Waals surface area contributed by atoms with Gasteiger partial charge in [0.15, 0.2) is 0 Å². The summed E-state index contributed by atoms with van der Waals surface area (Å²) in [6.07, 6.45) is 5.74. The van der Waals surface area contributed by atoms with Gasteiger partial charge < -0.3 is 14.1 Å². The molecule has 3 rings (SSSR count). The Kier molecular flexibility index (Phi) is 4.57. The first-order valence-corrected chi connectivity index (χ1v) is 8.08. The standard InChI is InChI=1S/C14H18N4O3S/c1-20-14-17-16-12(22-14)15-13(19)18-8-4-2-3-6-10(18)11-7-5-9-21-11/h5,7,9-10H,2-4,6,8H2,1H3,(H,15,16,19)/t10-/m1/s1. The van der Waals surface area contributed by atoms with Crippen LogP contribution in [0, 0.1) is 0 Å². The van der Waals surface area contributed by atoms with Crippen molar-refractivity contribution in [3.8, 4) is 5.19 Å². The van der Waals surface area contributed by atoms with Crippen LogP contribution in [0.3, 0.4) is 0 Å². The molecule has 7 nitrogen and oxygen atoms in total. The van der Waals surface area contributed by atoms with Gasteiger partial charge in [-0.25, -0.2) is 4.79 Å². The molecule has 1 aliphatic rings. The van der Waals surface area contributed by atoms with E-state index >= 15 is 0 Å². The topological polar surface area (TPSA) is 80.5 Å². The minimum absolute atomic E-state index is 0.0349. The first-order chi connectivity index (χ1) is 10.8. The SMILES string of the molecule is COc1nnc(NC(=O)N2CCCCC[C@@H]2c2ccco2)s1. The highest BCUT2D eigenvalue weighted by Gasteiger charge is 2.29. The molecule has 2 amide bonds. The highest BCUT2D eigenvalue weighted by Crippen LogP contribution is 2.31. The normalized spacial score (nSPS) is 18.8. The number of rotatable bonds is 3. The van der Waals surface area contributed by atoms with Crippen molar-refractivity contribution in [2.75, 3.05) is 19.0 Å². The molecule has 1 N–H and O–H groups in total. The number of carbonyl (C=O) groups is 1. The molecule has 0 radical (unpaired) electrons. The van der Waals surface area contributed by atoms with Gasteiger partial charge in [-0.2, -0.15) is 0 Å². The van der Waals surface area contributed by atoms with Crippen molar-refractivity contribution in [1.82, 2.24) is 15.1 Å². The second kappa shape index (κ2) is 6.78. The Labute approximate surface area is 132 Å². The Morgan fingerprint density at radius 3 is 3.09 bits per heavy atom. The van der Waals surface area contributed by atoms with E-state index in [9.17, 15) is 4.79 Å². The first-order valence-electron chi connectivity index (χ1n) is 7.26. The fraction of sp³-hybridized carbons (Fsp3) is 0.500. The van der Waals surface area contributed by atoms with Gasteiger partial charge in [0, 0.05) is 6.54 Å². The van der Waals surface area contributed by atoms with Crippen molar-refractivity contribution in [3.05, 3.63) is 24.2 Å². The summed E-state index contributed by atoms with van der Waals surface area (Å²) in [5.41, 5.74) is 0. The van der Waals surface area contributed by atoms with Crippen LogP contribution in [0.25, 0.3) is 0 Å². The molecular formula is C14H18N4O3S. The molecular weight excluding hydrogens is 304 g/mol. The lowest BCUT2D eigenvalue weighted by molar-refractivity contribution is 0.179. The average molecular weight is 322 g/mol. The maximum absolute atomic E-state index is 12.6. The average Bonchev–Trinajstić information content (AvgIpc) is 3.14. The van der Waals surface area contributed by atoms with Crippen LogP contribution < -0.4 is 10.1 Å². The maximum atomic E-state index is 12.6. The largest absolute Gasteiger partial charge is 0.472 e. The third-order valence-corrected chi connectivity index (χ3v) is 4.48. The van der Waals surface area contributed by atoms with Gasteiger partial charge in [0.2, 0.25) is 5.13 Å². The number of nitrogens with one attached hydrogen (secondary N) is 1. The number of methoxy groups -OCH3 is 1. The summed E-state index contributed by atoms with van der Waals surface area (Å²) in [4.78, 5) is 14.4. The van der Waals surface area contributed by atoms with Crippen LogP contribution >= 0.6 is 11.3 Å². The number of urea groups is 1. The molecule has 1 atom stereocenters. The summed E-state index contributed by atoms with van der Waals surface area (Å²) in [5.74, 6) is 0.826. The molecule has 0 unspecified atom stereocenters. The maximum Gasteiger partial charge on any atom is 0.324 e. The van der Waals surface area contributed by atoms with Gasteiger partial charge >= 0.3 is 6.03 Å². The Balaban J connectivity index is 1.75. The van der Waals surface area contributed by atoms with Gasteiger partial charge in [-0.05, 0) is 36.3 Å². The number of aromatic nitrogens is 2. The lowest BCUT2D eigenvalue weighted by atomic mass is 10.1. The molecule has 0 aliphatic carbocycles. The molecule has 1 fully saturated rings. The van der Waals surface area contributed by atoms with E-state index in [-0.39, 0.29) is 12.1 Å². The molecule has 1 saturated heterocycles. The van der Waals surface area contributed by atoms with Gasteiger partial charge in [-0.15, -0.1) is 5.10 Å². The molecule has 0 saturated carbocycles. The van der Waals surface area contributed by atoms with E-state index in [4.69, 9.17) is 9.15 Å². The molecule has 0 aromatic carbocycles. The predicted octanol–water partition coefficient (Wildman–Crippen LogP) is 3.29. The number of nitrogens with zero attached hydrogens (tertiary/aromatic N) is 3. The van der Waals surface area contributed by atoms with E-state index in [2.05, 4.69) is 15.5 Å². The Bertz CT molecular complexity index is 613. The number of amides is 2. The van der Waals surface area contributed by atoms with Crippen LogP contribution in [-0.4, -0.2) is 34.8 Å². The van der Waals surface area contributed by atoms with Gasteiger partial charge in [0.25, 0.3) is 5.19 Å². The third kappa shape index (κ3) is 3.22. The number of hydrogen-bond donors (Lipinski definition) is 1. The molecule has 2 aromatic heterocycles. The van der Waals surface area contributed by atoms with Crippen LogP contribution in [0.2, 0.25) is 0 Å². The van der Waals surface area contributed by atoms with E-state index in [0.29, 0.717) is 16.9 Å². The Hall–Kier alpha value is -2.09. The number of likely N-dealkylation sites (tertiary alicyclic amines) is 1. The minimum Gasteiger partial charge on any atom is -0.472 e. The molecule has 8 heteroatoms. The quantitative estimate of drug-likeness (QED) is 0.938. The molecule has 118 valence electrons. The van der Waals surface area contributed by atoms with Crippen LogP contribution in [0.15, 0.2) is 22.8 Å². The number of anilines is 1. The summed E-state index contributed by atoms with van der Waals surface area (Å²) < 4.78 is 10.5. The van der Waals surface area contributed by atoms with Crippen LogP contribution in [0.4, 0.5) is 9.93 Å². The van der Waals surface area contributed by atoms with Crippen molar-refractivity contribution in [2.45, 2.75) is 31.7 Å². The monoisotopic (exact) mass is 322 g/mol. The zero-order chi connectivity index (χ0) is 15.4. The molecule has 3 heterocycles. The predicted molar refractivity (Wildman–Crippen MR) is 82.1 cm³/mol. The van der Waals surface area contributed by atoms with Crippen molar-refractivity contribution >= 4 is 22.5 Å². The number of furan rings is 1. The fourth-order valence-electron chi connectivity index (χ4n) is 2.63. The van der Waals surface area contributed by atoms with Crippen LogP contribution in [0.5, 0.6) is 5.19 Å². The van der Waals surface area contributed by atoms with E-state index in [0.717, 1.165) is 31.4 Å². The molecule has 0 spiro atoms. The number of carbonyl (C=O) groups excluding carboxylic acids is 1. The van der Waals surface area contributed by atoms with E-state index in [1.54, 1.807) is 6.26 Å². The lowest BCUT2D eigenvalue weighted by Crippen LogP contribution is -2.37. The van der Waals surface area contributed by atoms with Crippen molar-refractivity contribution < 1.29 is 13.9 Å². The number of hydrogen-bond acceptors (Lipinski definition) is 6. The molecule has 2 aromatic rings. The summed E-state index contributed by atoms with van der Waals surface area (Å²) >= 11 is 1.20. The summed E-state index contributed by atoms with van der Waals surface area (Å²) in [6.45, 7) is 0.702. The molecule has 22 heavy (non-hydrogen) atoms. The van der Waals surface area contributed by atoms with E-state index < -0.39 is 0 Å². The Morgan fingerprint density at radius 1 is 1.45 bits per heavy atom. The zero-order valence-corrected chi connectivity index (χ0v) is 13.1.